The van der Waals surface area contributed by atoms with E-state index in [9.17, 15) is 9.90 Å². The quantitative estimate of drug-likeness (QED) is 0.729. The van der Waals surface area contributed by atoms with Crippen LogP contribution in [0.4, 0.5) is 10.6 Å². The monoisotopic (exact) mass is 241 g/mol. The number of carbonyl (C=O) groups excluding carboxylic acids is 1. The Bertz CT molecular complexity index is 363. The number of carbonyl (C=O) groups is 1. The van der Waals surface area contributed by atoms with Gasteiger partial charge in [0.1, 0.15) is 5.76 Å². The zero-order chi connectivity index (χ0) is 12.8. The van der Waals surface area contributed by atoms with E-state index in [4.69, 9.17) is 4.52 Å². The number of aryl methyl sites for hydroxylation is 1. The van der Waals surface area contributed by atoms with Crippen LogP contribution in [0.3, 0.4) is 0 Å². The number of aromatic nitrogens is 1. The van der Waals surface area contributed by atoms with Crippen LogP contribution >= 0.6 is 0 Å². The lowest BCUT2D eigenvalue weighted by Crippen LogP contribution is -2.35. The highest BCUT2D eigenvalue weighted by molar-refractivity contribution is 5.88. The standard InChI is InChI=1S/C11H19N3O3/c1-7(2)4-9(15)6-12-11(16)13-10-5-8(3)17-14-10/h5,7,9,15H,4,6H2,1-3H3,(H2,12,13,14,16)/t9-/m1/s1. The highest BCUT2D eigenvalue weighted by atomic mass is 16.5. The summed E-state index contributed by atoms with van der Waals surface area (Å²) >= 11 is 0. The Morgan fingerprint density at radius 2 is 2.29 bits per heavy atom. The topological polar surface area (TPSA) is 87.4 Å². The molecule has 0 aliphatic rings. The molecule has 0 bridgehead atoms. The molecule has 1 aromatic heterocycles. The van der Waals surface area contributed by atoms with Crippen LogP contribution in [0.15, 0.2) is 10.6 Å². The molecule has 1 rings (SSSR count). The number of rotatable bonds is 5. The molecule has 0 spiro atoms. The average Bonchev–Trinajstić information content (AvgIpc) is 2.60. The molecule has 0 saturated heterocycles. The van der Waals surface area contributed by atoms with Gasteiger partial charge in [-0.2, -0.15) is 0 Å². The zero-order valence-electron chi connectivity index (χ0n) is 10.4. The minimum absolute atomic E-state index is 0.223. The highest BCUT2D eigenvalue weighted by Crippen LogP contribution is 2.06. The molecule has 0 fully saturated rings. The number of hydrogen-bond donors (Lipinski definition) is 3. The molecule has 17 heavy (non-hydrogen) atoms. The molecule has 0 aliphatic carbocycles. The van der Waals surface area contributed by atoms with Crippen LogP contribution in [0.2, 0.25) is 0 Å². The predicted octanol–water partition coefficient (Wildman–Crippen LogP) is 1.51. The normalized spacial score (nSPS) is 12.5. The van der Waals surface area contributed by atoms with Crippen molar-refractivity contribution in [2.24, 2.45) is 5.92 Å². The third-order valence-corrected chi connectivity index (χ3v) is 2.11. The van der Waals surface area contributed by atoms with Gasteiger partial charge in [0.2, 0.25) is 0 Å². The number of amides is 2. The van der Waals surface area contributed by atoms with Gasteiger partial charge in [-0.05, 0) is 19.3 Å². The van der Waals surface area contributed by atoms with E-state index < -0.39 is 12.1 Å². The van der Waals surface area contributed by atoms with E-state index in [2.05, 4.69) is 15.8 Å². The summed E-state index contributed by atoms with van der Waals surface area (Å²) in [6, 6.07) is 1.21. The van der Waals surface area contributed by atoms with E-state index in [-0.39, 0.29) is 6.54 Å². The van der Waals surface area contributed by atoms with Crippen molar-refractivity contribution in [2.75, 3.05) is 11.9 Å². The molecule has 0 aromatic carbocycles. The third kappa shape index (κ3) is 5.35. The molecule has 0 unspecified atom stereocenters. The molecular formula is C11H19N3O3. The zero-order valence-corrected chi connectivity index (χ0v) is 10.4. The summed E-state index contributed by atoms with van der Waals surface area (Å²) in [7, 11) is 0. The van der Waals surface area contributed by atoms with Gasteiger partial charge >= 0.3 is 6.03 Å². The van der Waals surface area contributed by atoms with E-state index in [1.165, 1.54) is 0 Å². The molecule has 1 aromatic rings. The van der Waals surface area contributed by atoms with Crippen LogP contribution in [-0.2, 0) is 0 Å². The van der Waals surface area contributed by atoms with Crippen molar-refractivity contribution in [1.29, 1.82) is 0 Å². The largest absolute Gasteiger partial charge is 0.391 e. The summed E-state index contributed by atoms with van der Waals surface area (Å²) in [6.45, 7) is 5.99. The molecular weight excluding hydrogens is 222 g/mol. The lowest BCUT2D eigenvalue weighted by molar-refractivity contribution is 0.148. The number of urea groups is 1. The van der Waals surface area contributed by atoms with Crippen LogP contribution in [-0.4, -0.2) is 28.9 Å². The Balaban J connectivity index is 2.26. The second kappa shape index (κ2) is 6.24. The van der Waals surface area contributed by atoms with Gasteiger partial charge in [0.15, 0.2) is 5.82 Å². The lowest BCUT2D eigenvalue weighted by Gasteiger charge is -2.13. The number of hydrogen-bond acceptors (Lipinski definition) is 4. The van der Waals surface area contributed by atoms with Crippen LogP contribution in [0, 0.1) is 12.8 Å². The maximum atomic E-state index is 11.4. The number of aliphatic hydroxyl groups is 1. The SMILES string of the molecule is Cc1cc(NC(=O)NC[C@H](O)CC(C)C)no1. The maximum Gasteiger partial charge on any atom is 0.320 e. The lowest BCUT2D eigenvalue weighted by atomic mass is 10.1. The number of aliphatic hydroxyl groups excluding tert-OH is 1. The van der Waals surface area contributed by atoms with Gasteiger partial charge < -0.3 is 14.9 Å². The first-order valence-corrected chi connectivity index (χ1v) is 5.63. The molecule has 0 radical (unpaired) electrons. The molecule has 1 atom stereocenters. The van der Waals surface area contributed by atoms with Crippen LogP contribution in [0.5, 0.6) is 0 Å². The fraction of sp³-hybridized carbons (Fsp3) is 0.636. The fourth-order valence-electron chi connectivity index (χ4n) is 1.42. The molecule has 0 saturated carbocycles. The van der Waals surface area contributed by atoms with E-state index in [1.54, 1.807) is 13.0 Å². The minimum atomic E-state index is -0.528. The van der Waals surface area contributed by atoms with Crippen LogP contribution in [0.25, 0.3) is 0 Å². The smallest absolute Gasteiger partial charge is 0.320 e. The van der Waals surface area contributed by atoms with Crippen molar-refractivity contribution in [2.45, 2.75) is 33.3 Å². The van der Waals surface area contributed by atoms with Crippen molar-refractivity contribution in [3.63, 3.8) is 0 Å². The molecule has 0 aliphatic heterocycles. The molecule has 2 amide bonds. The summed E-state index contributed by atoms with van der Waals surface area (Å²) < 4.78 is 4.80. The Morgan fingerprint density at radius 3 is 2.82 bits per heavy atom. The van der Waals surface area contributed by atoms with Crippen molar-refractivity contribution in [3.8, 4) is 0 Å². The average molecular weight is 241 g/mol. The Labute approximate surface area is 100 Å². The van der Waals surface area contributed by atoms with Gasteiger partial charge in [-0.3, -0.25) is 5.32 Å². The van der Waals surface area contributed by atoms with Gasteiger partial charge in [-0.25, -0.2) is 4.79 Å². The molecule has 6 heteroatoms. The first-order valence-electron chi connectivity index (χ1n) is 5.63. The Hall–Kier alpha value is -1.56. The van der Waals surface area contributed by atoms with E-state index >= 15 is 0 Å². The van der Waals surface area contributed by atoms with Crippen molar-refractivity contribution < 1.29 is 14.4 Å². The maximum absolute atomic E-state index is 11.4. The number of nitrogens with one attached hydrogen (secondary N) is 2. The Morgan fingerprint density at radius 1 is 1.59 bits per heavy atom. The van der Waals surface area contributed by atoms with Gasteiger partial charge in [-0.1, -0.05) is 19.0 Å². The predicted molar refractivity (Wildman–Crippen MR) is 63.7 cm³/mol. The molecule has 3 N–H and O–H groups in total. The van der Waals surface area contributed by atoms with E-state index in [0.717, 1.165) is 0 Å². The molecule has 96 valence electrons. The second-order valence-electron chi connectivity index (χ2n) is 4.44. The van der Waals surface area contributed by atoms with Crippen molar-refractivity contribution in [3.05, 3.63) is 11.8 Å². The third-order valence-electron chi connectivity index (χ3n) is 2.11. The Kier molecular flexibility index (Phi) is 4.96. The minimum Gasteiger partial charge on any atom is -0.391 e. The van der Waals surface area contributed by atoms with E-state index in [0.29, 0.717) is 23.9 Å². The number of anilines is 1. The van der Waals surface area contributed by atoms with Gasteiger partial charge in [-0.15, -0.1) is 0 Å². The van der Waals surface area contributed by atoms with Crippen molar-refractivity contribution in [1.82, 2.24) is 10.5 Å². The highest BCUT2D eigenvalue weighted by Gasteiger charge is 2.10. The summed E-state index contributed by atoms with van der Waals surface area (Å²) in [6.07, 6.45) is 0.128. The van der Waals surface area contributed by atoms with Gasteiger partial charge in [0.25, 0.3) is 0 Å². The summed E-state index contributed by atoms with van der Waals surface area (Å²) in [5.41, 5.74) is 0. The number of nitrogens with zero attached hydrogens (tertiary/aromatic N) is 1. The van der Waals surface area contributed by atoms with Crippen LogP contribution < -0.4 is 10.6 Å². The summed E-state index contributed by atoms with van der Waals surface area (Å²) in [5.74, 6) is 1.38. The first-order chi connectivity index (χ1) is 7.97. The molecule has 1 heterocycles. The second-order valence-corrected chi connectivity index (χ2v) is 4.44. The summed E-state index contributed by atoms with van der Waals surface area (Å²) in [5, 5.41) is 18.3. The molecule has 6 nitrogen and oxygen atoms in total. The van der Waals surface area contributed by atoms with Gasteiger partial charge in [0.05, 0.1) is 6.10 Å². The van der Waals surface area contributed by atoms with Crippen LogP contribution in [0.1, 0.15) is 26.0 Å². The van der Waals surface area contributed by atoms with Crippen molar-refractivity contribution >= 4 is 11.8 Å². The fourth-order valence-corrected chi connectivity index (χ4v) is 1.42. The summed E-state index contributed by atoms with van der Waals surface area (Å²) in [4.78, 5) is 11.4. The van der Waals surface area contributed by atoms with E-state index in [1.807, 2.05) is 13.8 Å². The first kappa shape index (κ1) is 13.5. The van der Waals surface area contributed by atoms with Gasteiger partial charge in [0, 0.05) is 12.6 Å².